The van der Waals surface area contributed by atoms with Crippen LogP contribution in [0.2, 0.25) is 0 Å². The van der Waals surface area contributed by atoms with Gasteiger partial charge >= 0.3 is 0 Å². The molecule has 6 nitrogen and oxygen atoms in total. The third-order valence-electron chi connectivity index (χ3n) is 3.64. The largest absolute Gasteiger partial charge is 0.497 e. The van der Waals surface area contributed by atoms with Crippen molar-refractivity contribution in [3.63, 3.8) is 0 Å². The van der Waals surface area contributed by atoms with Crippen LogP contribution < -0.4 is 19.5 Å². The Morgan fingerprint density at radius 3 is 2.44 bits per heavy atom. The number of rotatable bonds is 8. The third-order valence-corrected chi connectivity index (χ3v) is 4.40. The number of amides is 1. The molecule has 3 rings (SSSR count). The molecule has 2 aromatic carbocycles. The molecule has 0 fully saturated rings. The highest BCUT2D eigenvalue weighted by atomic mass is 32.1. The predicted molar refractivity (Wildman–Crippen MR) is 106 cm³/mol. The van der Waals surface area contributed by atoms with Crippen molar-refractivity contribution in [3.05, 3.63) is 53.9 Å². The van der Waals surface area contributed by atoms with Crippen molar-refractivity contribution in [1.82, 2.24) is 4.98 Å². The van der Waals surface area contributed by atoms with Crippen LogP contribution in [0.5, 0.6) is 17.2 Å². The quantitative estimate of drug-likeness (QED) is 0.629. The van der Waals surface area contributed by atoms with Gasteiger partial charge in [-0.25, -0.2) is 4.98 Å². The van der Waals surface area contributed by atoms with Gasteiger partial charge in [0.15, 0.2) is 23.2 Å². The lowest BCUT2D eigenvalue weighted by Crippen LogP contribution is -2.20. The zero-order valence-electron chi connectivity index (χ0n) is 15.1. The minimum absolute atomic E-state index is 0.123. The summed E-state index contributed by atoms with van der Waals surface area (Å²) in [4.78, 5) is 16.6. The second kappa shape index (κ2) is 9.05. The normalized spacial score (nSPS) is 10.3. The van der Waals surface area contributed by atoms with E-state index in [1.807, 2.05) is 48.7 Å². The maximum absolute atomic E-state index is 12.2. The van der Waals surface area contributed by atoms with Gasteiger partial charge in [-0.15, -0.1) is 11.3 Å². The number of anilines is 1. The number of hydrogen-bond donors (Lipinski definition) is 1. The number of para-hydroxylation sites is 2. The Morgan fingerprint density at radius 2 is 1.78 bits per heavy atom. The molecule has 0 aliphatic heterocycles. The third kappa shape index (κ3) is 4.98. The molecule has 7 heteroatoms. The lowest BCUT2D eigenvalue weighted by molar-refractivity contribution is -0.118. The molecule has 0 unspecified atom stereocenters. The Morgan fingerprint density at radius 1 is 1.07 bits per heavy atom. The highest BCUT2D eigenvalue weighted by Crippen LogP contribution is 2.27. The van der Waals surface area contributed by atoms with E-state index in [0.29, 0.717) is 23.2 Å². The van der Waals surface area contributed by atoms with E-state index in [0.717, 1.165) is 17.0 Å². The number of hydrogen-bond acceptors (Lipinski definition) is 6. The number of thiazole rings is 1. The van der Waals surface area contributed by atoms with Crippen LogP contribution in [0.25, 0.3) is 11.3 Å². The Balaban J connectivity index is 1.58. The first-order valence-corrected chi connectivity index (χ1v) is 9.32. The number of methoxy groups -OCH3 is 1. The Labute approximate surface area is 161 Å². The lowest BCUT2D eigenvalue weighted by Gasteiger charge is -2.10. The molecular weight excluding hydrogens is 364 g/mol. The van der Waals surface area contributed by atoms with Crippen molar-refractivity contribution >= 4 is 22.4 Å². The van der Waals surface area contributed by atoms with Crippen molar-refractivity contribution in [2.45, 2.75) is 6.92 Å². The topological polar surface area (TPSA) is 69.7 Å². The zero-order chi connectivity index (χ0) is 19.1. The first-order valence-electron chi connectivity index (χ1n) is 8.44. The Bertz CT molecular complexity index is 893. The van der Waals surface area contributed by atoms with Gasteiger partial charge in [0.05, 0.1) is 19.4 Å². The molecule has 1 aromatic heterocycles. The van der Waals surface area contributed by atoms with Gasteiger partial charge in [0.2, 0.25) is 0 Å². The Kier molecular flexibility index (Phi) is 6.27. The summed E-state index contributed by atoms with van der Waals surface area (Å²) in [5.41, 5.74) is 1.75. The average Bonchev–Trinajstić information content (AvgIpc) is 3.16. The second-order valence-electron chi connectivity index (χ2n) is 5.48. The number of carbonyl (C=O) groups excluding carboxylic acids is 1. The number of nitrogens with one attached hydrogen (secondary N) is 1. The lowest BCUT2D eigenvalue weighted by atomic mass is 10.2. The van der Waals surface area contributed by atoms with E-state index in [1.165, 1.54) is 11.3 Å². The summed E-state index contributed by atoms with van der Waals surface area (Å²) in [6.45, 7) is 2.30. The molecular formula is C20H20N2O4S. The summed E-state index contributed by atoms with van der Waals surface area (Å²) in [5.74, 6) is 1.65. The van der Waals surface area contributed by atoms with Gasteiger partial charge in [-0.3, -0.25) is 10.1 Å². The van der Waals surface area contributed by atoms with E-state index in [-0.39, 0.29) is 12.5 Å². The highest BCUT2D eigenvalue weighted by Gasteiger charge is 2.11. The molecule has 3 aromatic rings. The van der Waals surface area contributed by atoms with Crippen LogP contribution in [-0.2, 0) is 4.79 Å². The fourth-order valence-electron chi connectivity index (χ4n) is 2.37. The van der Waals surface area contributed by atoms with Gasteiger partial charge in [-0.1, -0.05) is 12.1 Å². The molecule has 0 bridgehead atoms. The maximum atomic E-state index is 12.2. The molecule has 140 valence electrons. The molecule has 1 heterocycles. The summed E-state index contributed by atoms with van der Waals surface area (Å²) in [6, 6.07) is 14.8. The predicted octanol–water partition coefficient (Wildman–Crippen LogP) is 4.23. The number of benzene rings is 2. The van der Waals surface area contributed by atoms with E-state index in [9.17, 15) is 4.79 Å². The number of aromatic nitrogens is 1. The molecule has 0 aliphatic carbocycles. The second-order valence-corrected chi connectivity index (χ2v) is 6.34. The van der Waals surface area contributed by atoms with Crippen LogP contribution in [0.15, 0.2) is 53.9 Å². The molecule has 1 amide bonds. The van der Waals surface area contributed by atoms with E-state index in [4.69, 9.17) is 14.2 Å². The standard InChI is InChI=1S/C20H20N2O4S/c1-3-25-17-6-4-5-7-18(17)26-12-19(23)22-20-21-16(13-27-20)14-8-10-15(24-2)11-9-14/h4-11,13H,3,12H2,1-2H3,(H,21,22,23). The molecule has 0 atom stereocenters. The SMILES string of the molecule is CCOc1ccccc1OCC(=O)Nc1nc(-c2ccc(OC)cc2)cs1. The zero-order valence-corrected chi connectivity index (χ0v) is 15.9. The molecule has 0 saturated carbocycles. The minimum atomic E-state index is -0.281. The molecule has 0 spiro atoms. The summed E-state index contributed by atoms with van der Waals surface area (Å²) in [6.07, 6.45) is 0. The fourth-order valence-corrected chi connectivity index (χ4v) is 3.10. The van der Waals surface area contributed by atoms with Crippen molar-refractivity contribution < 1.29 is 19.0 Å². The summed E-state index contributed by atoms with van der Waals surface area (Å²) < 4.78 is 16.2. The first-order chi connectivity index (χ1) is 13.2. The van der Waals surface area contributed by atoms with Gasteiger partial charge in [-0.05, 0) is 43.3 Å². The summed E-state index contributed by atoms with van der Waals surface area (Å²) >= 11 is 1.36. The molecule has 1 N–H and O–H groups in total. The van der Waals surface area contributed by atoms with Crippen LogP contribution in [0.1, 0.15) is 6.92 Å². The van der Waals surface area contributed by atoms with Gasteiger partial charge < -0.3 is 14.2 Å². The van der Waals surface area contributed by atoms with Gasteiger partial charge in [-0.2, -0.15) is 0 Å². The van der Waals surface area contributed by atoms with Crippen molar-refractivity contribution in [2.75, 3.05) is 25.6 Å². The first kappa shape index (κ1) is 18.7. The smallest absolute Gasteiger partial charge is 0.264 e. The van der Waals surface area contributed by atoms with Crippen LogP contribution in [0.3, 0.4) is 0 Å². The molecule has 27 heavy (non-hydrogen) atoms. The molecule has 0 radical (unpaired) electrons. The van der Waals surface area contributed by atoms with Crippen LogP contribution in [0.4, 0.5) is 5.13 Å². The maximum Gasteiger partial charge on any atom is 0.264 e. The summed E-state index contributed by atoms with van der Waals surface area (Å²) in [7, 11) is 1.63. The summed E-state index contributed by atoms with van der Waals surface area (Å²) in [5, 5.41) is 5.17. The van der Waals surface area contributed by atoms with Crippen molar-refractivity contribution in [3.8, 4) is 28.5 Å². The number of carbonyl (C=O) groups is 1. The number of ether oxygens (including phenoxy) is 3. The van der Waals surface area contributed by atoms with Crippen LogP contribution >= 0.6 is 11.3 Å². The van der Waals surface area contributed by atoms with Crippen molar-refractivity contribution in [2.24, 2.45) is 0 Å². The highest BCUT2D eigenvalue weighted by molar-refractivity contribution is 7.14. The van der Waals surface area contributed by atoms with E-state index in [1.54, 1.807) is 19.2 Å². The average molecular weight is 384 g/mol. The fraction of sp³-hybridized carbons (Fsp3) is 0.200. The minimum Gasteiger partial charge on any atom is -0.497 e. The van der Waals surface area contributed by atoms with E-state index >= 15 is 0 Å². The van der Waals surface area contributed by atoms with Gasteiger partial charge in [0.25, 0.3) is 5.91 Å². The monoisotopic (exact) mass is 384 g/mol. The Hall–Kier alpha value is -3.06. The van der Waals surface area contributed by atoms with Gasteiger partial charge in [0.1, 0.15) is 5.75 Å². The van der Waals surface area contributed by atoms with E-state index in [2.05, 4.69) is 10.3 Å². The van der Waals surface area contributed by atoms with Crippen molar-refractivity contribution in [1.29, 1.82) is 0 Å². The van der Waals surface area contributed by atoms with Crippen LogP contribution in [-0.4, -0.2) is 31.2 Å². The molecule has 0 aliphatic rings. The van der Waals surface area contributed by atoms with Crippen LogP contribution in [0, 0.1) is 0 Å². The van der Waals surface area contributed by atoms with Gasteiger partial charge in [0, 0.05) is 10.9 Å². The molecule has 0 saturated heterocycles. The van der Waals surface area contributed by atoms with E-state index < -0.39 is 0 Å². The number of nitrogens with zero attached hydrogens (tertiary/aromatic N) is 1.